The lowest BCUT2D eigenvalue weighted by Crippen LogP contribution is -2.43. The lowest BCUT2D eigenvalue weighted by atomic mass is 10.1. The Kier molecular flexibility index (Phi) is 4.83. The number of sulfonamides is 1. The number of hydrogen-bond donors (Lipinski definition) is 2. The first-order chi connectivity index (χ1) is 12.9. The maximum atomic E-state index is 12.9. The van der Waals surface area contributed by atoms with E-state index in [0.717, 1.165) is 41.0 Å². The number of thiophene rings is 2. The fraction of sp³-hybridized carbons (Fsp3) is 0.412. The Morgan fingerprint density at radius 3 is 2.78 bits per heavy atom. The molecule has 1 aliphatic heterocycles. The Morgan fingerprint density at radius 1 is 1.26 bits per heavy atom. The van der Waals surface area contributed by atoms with Crippen LogP contribution in [-0.4, -0.2) is 37.1 Å². The Bertz CT molecular complexity index is 995. The number of primary amides is 1. The molecule has 4 rings (SSSR count). The minimum Gasteiger partial charge on any atom is -0.365 e. The third kappa shape index (κ3) is 3.20. The van der Waals surface area contributed by atoms with Gasteiger partial charge in [-0.1, -0.05) is 6.07 Å². The van der Waals surface area contributed by atoms with E-state index < -0.39 is 27.9 Å². The summed E-state index contributed by atoms with van der Waals surface area (Å²) >= 11 is 2.51. The molecule has 3 N–H and O–H groups in total. The number of anilines is 1. The monoisotopic (exact) mass is 425 g/mol. The van der Waals surface area contributed by atoms with Crippen LogP contribution in [0.5, 0.6) is 0 Å². The van der Waals surface area contributed by atoms with Gasteiger partial charge < -0.3 is 11.1 Å². The predicted molar refractivity (Wildman–Crippen MR) is 105 cm³/mol. The molecule has 1 aliphatic carbocycles. The first-order valence-electron chi connectivity index (χ1n) is 8.70. The van der Waals surface area contributed by atoms with E-state index in [4.69, 9.17) is 5.73 Å². The van der Waals surface area contributed by atoms with Crippen molar-refractivity contribution in [3.63, 3.8) is 0 Å². The smallest absolute Gasteiger partial charge is 0.253 e. The molecule has 27 heavy (non-hydrogen) atoms. The van der Waals surface area contributed by atoms with Crippen molar-refractivity contribution in [2.75, 3.05) is 11.9 Å². The average molecular weight is 426 g/mol. The standard InChI is InChI=1S/C17H19N3O4S3/c18-15(21)14-10-4-1-6-12(10)26-17(14)19-16(22)11-5-2-8-20(11)27(23,24)13-7-3-9-25-13/h3,7,9,11H,1-2,4-6,8H2,(H2,18,21)(H,19,22)/t11-/m0/s1. The topological polar surface area (TPSA) is 110 Å². The third-order valence-corrected chi connectivity index (χ3v) is 9.46. The number of nitrogens with one attached hydrogen (secondary N) is 1. The Labute approximate surface area is 165 Å². The van der Waals surface area contributed by atoms with Crippen molar-refractivity contribution in [2.24, 2.45) is 5.73 Å². The van der Waals surface area contributed by atoms with Crippen LogP contribution in [-0.2, 0) is 27.7 Å². The molecule has 0 saturated carbocycles. The van der Waals surface area contributed by atoms with Gasteiger partial charge in [-0.3, -0.25) is 9.59 Å². The first kappa shape index (κ1) is 18.6. The van der Waals surface area contributed by atoms with E-state index in [1.54, 1.807) is 17.5 Å². The van der Waals surface area contributed by atoms with Crippen LogP contribution in [0, 0.1) is 0 Å². The van der Waals surface area contributed by atoms with E-state index in [1.807, 2.05) is 0 Å². The summed E-state index contributed by atoms with van der Waals surface area (Å²) in [6, 6.07) is 2.44. The predicted octanol–water partition coefficient (Wildman–Crippen LogP) is 2.19. The van der Waals surface area contributed by atoms with Gasteiger partial charge in [-0.25, -0.2) is 8.42 Å². The van der Waals surface area contributed by atoms with E-state index in [9.17, 15) is 18.0 Å². The van der Waals surface area contributed by atoms with Gasteiger partial charge in [-0.15, -0.1) is 22.7 Å². The van der Waals surface area contributed by atoms with Gasteiger partial charge >= 0.3 is 0 Å². The highest BCUT2D eigenvalue weighted by Crippen LogP contribution is 2.39. The van der Waals surface area contributed by atoms with Gasteiger partial charge in [0.15, 0.2) is 0 Å². The van der Waals surface area contributed by atoms with Crippen LogP contribution >= 0.6 is 22.7 Å². The summed E-state index contributed by atoms with van der Waals surface area (Å²) in [4.78, 5) is 25.9. The van der Waals surface area contributed by atoms with Crippen LogP contribution in [0.25, 0.3) is 0 Å². The second kappa shape index (κ2) is 7.01. The number of nitrogens with zero attached hydrogens (tertiary/aromatic N) is 1. The molecule has 1 saturated heterocycles. The van der Waals surface area contributed by atoms with Crippen molar-refractivity contribution in [1.29, 1.82) is 0 Å². The van der Waals surface area contributed by atoms with E-state index in [2.05, 4.69) is 5.32 Å². The molecule has 1 atom stereocenters. The molecule has 0 unspecified atom stereocenters. The summed E-state index contributed by atoms with van der Waals surface area (Å²) in [6.45, 7) is 0.307. The molecule has 1 fully saturated rings. The van der Waals surface area contributed by atoms with Crippen LogP contribution < -0.4 is 11.1 Å². The number of aryl methyl sites for hydroxylation is 1. The third-order valence-electron chi connectivity index (χ3n) is 4.97. The second-order valence-corrected chi connectivity index (χ2v) is 10.8. The van der Waals surface area contributed by atoms with Gasteiger partial charge in [0.05, 0.1) is 5.56 Å². The number of carbonyl (C=O) groups is 2. The lowest BCUT2D eigenvalue weighted by molar-refractivity contribution is -0.119. The fourth-order valence-electron chi connectivity index (χ4n) is 3.76. The zero-order chi connectivity index (χ0) is 19.2. The summed E-state index contributed by atoms with van der Waals surface area (Å²) in [5, 5.41) is 4.93. The molecule has 0 spiro atoms. The molecule has 144 valence electrons. The Hall–Kier alpha value is -1.75. The zero-order valence-corrected chi connectivity index (χ0v) is 16.9. The number of rotatable bonds is 5. The van der Waals surface area contributed by atoms with Crippen LogP contribution in [0.3, 0.4) is 0 Å². The molecular formula is C17H19N3O4S3. The minimum absolute atomic E-state index is 0.232. The van der Waals surface area contributed by atoms with Crippen LogP contribution in [0.2, 0.25) is 0 Å². The van der Waals surface area contributed by atoms with Gasteiger partial charge in [0.2, 0.25) is 5.91 Å². The van der Waals surface area contributed by atoms with Crippen molar-refractivity contribution in [3.8, 4) is 0 Å². The largest absolute Gasteiger partial charge is 0.365 e. The maximum absolute atomic E-state index is 12.9. The molecule has 10 heteroatoms. The highest BCUT2D eigenvalue weighted by Gasteiger charge is 2.40. The number of hydrogen-bond acceptors (Lipinski definition) is 6. The fourth-order valence-corrected chi connectivity index (χ4v) is 7.84. The summed E-state index contributed by atoms with van der Waals surface area (Å²) in [5.74, 6) is -0.964. The Balaban J connectivity index is 1.59. The molecule has 2 aromatic heterocycles. The first-order valence-corrected chi connectivity index (χ1v) is 11.8. The average Bonchev–Trinajstić information content (AvgIpc) is 3.36. The van der Waals surface area contributed by atoms with E-state index in [1.165, 1.54) is 15.6 Å². The molecular weight excluding hydrogens is 406 g/mol. The van der Waals surface area contributed by atoms with Gasteiger partial charge in [-0.2, -0.15) is 4.31 Å². The molecule has 3 heterocycles. The van der Waals surface area contributed by atoms with E-state index in [0.29, 0.717) is 30.0 Å². The SMILES string of the molecule is NC(=O)c1c(NC(=O)[C@@H]2CCCN2S(=O)(=O)c2cccs2)sc2c1CCC2. The second-order valence-electron chi connectivity index (χ2n) is 6.62. The van der Waals surface area contributed by atoms with Gasteiger partial charge in [0.25, 0.3) is 15.9 Å². The van der Waals surface area contributed by atoms with Gasteiger partial charge in [0, 0.05) is 11.4 Å². The minimum atomic E-state index is -3.70. The molecule has 2 aliphatic rings. The number of carbonyl (C=O) groups excluding carboxylic acids is 2. The number of fused-ring (bicyclic) bond motifs is 1. The normalized spacial score (nSPS) is 19.9. The lowest BCUT2D eigenvalue weighted by Gasteiger charge is -2.22. The Morgan fingerprint density at radius 2 is 2.07 bits per heavy atom. The summed E-state index contributed by atoms with van der Waals surface area (Å²) in [5.41, 5.74) is 6.84. The molecule has 0 radical (unpaired) electrons. The molecule has 0 aromatic carbocycles. The summed E-state index contributed by atoms with van der Waals surface area (Å²) in [7, 11) is -3.70. The van der Waals surface area contributed by atoms with Crippen molar-refractivity contribution >= 4 is 49.5 Å². The van der Waals surface area contributed by atoms with Crippen LogP contribution in [0.15, 0.2) is 21.7 Å². The summed E-state index contributed by atoms with van der Waals surface area (Å²) < 4.78 is 27.2. The molecule has 2 amide bonds. The highest BCUT2D eigenvalue weighted by molar-refractivity contribution is 7.91. The molecule has 0 bridgehead atoms. The van der Waals surface area contributed by atoms with E-state index >= 15 is 0 Å². The maximum Gasteiger partial charge on any atom is 0.253 e. The van der Waals surface area contributed by atoms with Crippen molar-refractivity contribution in [3.05, 3.63) is 33.5 Å². The van der Waals surface area contributed by atoms with E-state index in [-0.39, 0.29) is 4.21 Å². The van der Waals surface area contributed by atoms with Crippen LogP contribution in [0.1, 0.15) is 40.1 Å². The highest BCUT2D eigenvalue weighted by atomic mass is 32.2. The summed E-state index contributed by atoms with van der Waals surface area (Å²) in [6.07, 6.45) is 3.70. The van der Waals surface area contributed by atoms with Crippen molar-refractivity contribution in [2.45, 2.75) is 42.4 Å². The van der Waals surface area contributed by atoms with Crippen molar-refractivity contribution in [1.82, 2.24) is 4.31 Å². The zero-order valence-electron chi connectivity index (χ0n) is 14.4. The van der Waals surface area contributed by atoms with Gasteiger partial charge in [0.1, 0.15) is 15.3 Å². The van der Waals surface area contributed by atoms with Gasteiger partial charge in [-0.05, 0) is 49.1 Å². The van der Waals surface area contributed by atoms with Crippen LogP contribution in [0.4, 0.5) is 5.00 Å². The number of amides is 2. The van der Waals surface area contributed by atoms with Crippen molar-refractivity contribution < 1.29 is 18.0 Å². The number of nitrogens with two attached hydrogens (primary N) is 1. The molecule has 7 nitrogen and oxygen atoms in total. The quantitative estimate of drug-likeness (QED) is 0.765. The molecule has 2 aromatic rings.